The number of primary amides is 1. The molecule has 2 aromatic carbocycles. The molecule has 39 heavy (non-hydrogen) atoms. The molecule has 3 aromatic rings. The molecule has 0 spiro atoms. The molecular formula is C24H19F6N5O4. The largest absolute Gasteiger partial charge is 0.490 e. The number of esters is 1. The second kappa shape index (κ2) is 10.2. The quantitative estimate of drug-likeness (QED) is 0.312. The molecule has 206 valence electrons. The van der Waals surface area contributed by atoms with E-state index in [4.69, 9.17) is 11.5 Å². The molecule has 9 nitrogen and oxygen atoms in total. The Labute approximate surface area is 216 Å². The van der Waals surface area contributed by atoms with Gasteiger partial charge in [-0.25, -0.2) is 14.8 Å². The molecule has 0 aliphatic heterocycles. The normalized spacial score (nSPS) is 13.3. The number of nitrogens with zero attached hydrogens (tertiary/aromatic N) is 2. The zero-order valence-corrected chi connectivity index (χ0v) is 20.1. The number of nitrogen functional groups attached to an aromatic ring is 1. The first-order valence-corrected chi connectivity index (χ1v) is 10.8. The molecule has 0 bridgehead atoms. The van der Waals surface area contributed by atoms with Crippen molar-refractivity contribution in [2.45, 2.75) is 24.9 Å². The Kier molecular flexibility index (Phi) is 7.57. The molecule has 1 unspecified atom stereocenters. The molecule has 1 aromatic heterocycles. The SMILES string of the molecule is CNC(=O)c1ccc(-c2nc(-c3cc(C(OC(=O)C(F)(F)F)(C(N)=O)C(F)(F)F)ccc3C)cnc2N)cc1. The van der Waals surface area contributed by atoms with Crippen molar-refractivity contribution in [1.82, 2.24) is 15.3 Å². The first kappa shape index (κ1) is 28.9. The minimum Gasteiger partial charge on any atom is -0.427 e. The Morgan fingerprint density at radius 2 is 1.59 bits per heavy atom. The lowest BCUT2D eigenvalue weighted by Gasteiger charge is -2.33. The van der Waals surface area contributed by atoms with Crippen molar-refractivity contribution < 1.29 is 45.5 Å². The summed E-state index contributed by atoms with van der Waals surface area (Å²) in [4.78, 5) is 43.6. The van der Waals surface area contributed by atoms with Crippen molar-refractivity contribution in [2.24, 2.45) is 5.73 Å². The van der Waals surface area contributed by atoms with Gasteiger partial charge in [0.05, 0.1) is 11.9 Å². The summed E-state index contributed by atoms with van der Waals surface area (Å²) in [6, 6.07) is 8.30. The highest BCUT2D eigenvalue weighted by Gasteiger charge is 2.66. The molecule has 0 saturated heterocycles. The first-order valence-electron chi connectivity index (χ1n) is 10.8. The fraction of sp³-hybridized carbons (Fsp3) is 0.208. The summed E-state index contributed by atoms with van der Waals surface area (Å²) in [6.45, 7) is 1.44. The van der Waals surface area contributed by atoms with E-state index in [9.17, 15) is 40.7 Å². The van der Waals surface area contributed by atoms with E-state index in [0.29, 0.717) is 23.3 Å². The number of carbonyl (C=O) groups excluding carboxylic acids is 3. The highest BCUT2D eigenvalue weighted by Crippen LogP contribution is 2.45. The van der Waals surface area contributed by atoms with Crippen molar-refractivity contribution in [3.8, 4) is 22.5 Å². The van der Waals surface area contributed by atoms with Crippen LogP contribution in [0.25, 0.3) is 22.5 Å². The van der Waals surface area contributed by atoms with Gasteiger partial charge in [0, 0.05) is 29.3 Å². The Balaban J connectivity index is 2.19. The molecule has 0 aliphatic carbocycles. The second-order valence-corrected chi connectivity index (χ2v) is 8.11. The van der Waals surface area contributed by atoms with Crippen LogP contribution in [0.2, 0.25) is 0 Å². The van der Waals surface area contributed by atoms with E-state index in [1.807, 2.05) is 0 Å². The third-order valence-electron chi connectivity index (χ3n) is 5.59. The summed E-state index contributed by atoms with van der Waals surface area (Å²) in [6.07, 6.45) is -10.6. The van der Waals surface area contributed by atoms with Crippen molar-refractivity contribution >= 4 is 23.6 Å². The molecule has 0 radical (unpaired) electrons. The zero-order chi connectivity index (χ0) is 29.3. The van der Waals surface area contributed by atoms with Crippen molar-refractivity contribution in [3.05, 3.63) is 65.4 Å². The van der Waals surface area contributed by atoms with E-state index in [0.717, 1.165) is 12.3 Å². The number of benzene rings is 2. The number of nitrogens with one attached hydrogen (secondary N) is 1. The summed E-state index contributed by atoms with van der Waals surface area (Å²) < 4.78 is 84.7. The number of aromatic nitrogens is 2. The second-order valence-electron chi connectivity index (χ2n) is 8.11. The molecule has 0 fully saturated rings. The number of nitrogens with two attached hydrogens (primary N) is 2. The lowest BCUT2D eigenvalue weighted by atomic mass is 9.88. The van der Waals surface area contributed by atoms with Gasteiger partial charge in [-0.1, -0.05) is 24.3 Å². The van der Waals surface area contributed by atoms with Gasteiger partial charge in [0.1, 0.15) is 11.5 Å². The monoisotopic (exact) mass is 555 g/mol. The van der Waals surface area contributed by atoms with E-state index < -0.39 is 35.4 Å². The number of rotatable bonds is 6. The van der Waals surface area contributed by atoms with Crippen LogP contribution < -0.4 is 16.8 Å². The average Bonchev–Trinajstić information content (AvgIpc) is 2.86. The predicted molar refractivity (Wildman–Crippen MR) is 125 cm³/mol. The number of hydrogen-bond donors (Lipinski definition) is 3. The summed E-state index contributed by atoms with van der Waals surface area (Å²) >= 11 is 0. The molecule has 0 aliphatic rings. The Bertz CT molecular complexity index is 1440. The minimum atomic E-state index is -5.88. The average molecular weight is 555 g/mol. The molecule has 3 rings (SSSR count). The summed E-state index contributed by atoms with van der Waals surface area (Å²) in [5, 5.41) is 2.45. The van der Waals surface area contributed by atoms with Crippen molar-refractivity contribution in [2.75, 3.05) is 12.8 Å². The molecule has 5 N–H and O–H groups in total. The Morgan fingerprint density at radius 3 is 2.10 bits per heavy atom. The van der Waals surface area contributed by atoms with Gasteiger partial charge in [-0.3, -0.25) is 9.59 Å². The zero-order valence-electron chi connectivity index (χ0n) is 20.1. The Hall–Kier alpha value is -4.69. The van der Waals surface area contributed by atoms with E-state index in [-0.39, 0.29) is 34.2 Å². The summed E-state index contributed by atoms with van der Waals surface area (Å²) in [7, 11) is 1.44. The topological polar surface area (TPSA) is 150 Å². The number of anilines is 1. The smallest absolute Gasteiger partial charge is 0.427 e. The maximum Gasteiger partial charge on any atom is 0.490 e. The van der Waals surface area contributed by atoms with Crippen LogP contribution in [0.15, 0.2) is 48.7 Å². The van der Waals surface area contributed by atoms with Crippen LogP contribution in [-0.4, -0.2) is 47.2 Å². The number of aryl methyl sites for hydroxylation is 1. The van der Waals surface area contributed by atoms with Crippen LogP contribution in [0.5, 0.6) is 0 Å². The highest BCUT2D eigenvalue weighted by molar-refractivity contribution is 5.94. The van der Waals surface area contributed by atoms with Crippen LogP contribution >= 0.6 is 0 Å². The number of amides is 2. The van der Waals surface area contributed by atoms with Crippen LogP contribution in [0.4, 0.5) is 32.2 Å². The van der Waals surface area contributed by atoms with Gasteiger partial charge in [0.2, 0.25) is 0 Å². The number of halogens is 6. The molecular weight excluding hydrogens is 536 g/mol. The van der Waals surface area contributed by atoms with E-state index in [2.05, 4.69) is 20.0 Å². The van der Waals surface area contributed by atoms with Gasteiger partial charge >= 0.3 is 23.9 Å². The van der Waals surface area contributed by atoms with Gasteiger partial charge in [-0.15, -0.1) is 0 Å². The fourth-order valence-corrected chi connectivity index (χ4v) is 3.59. The molecule has 0 saturated carbocycles. The van der Waals surface area contributed by atoms with Crippen molar-refractivity contribution in [1.29, 1.82) is 0 Å². The number of ether oxygens (including phenoxy) is 1. The third-order valence-corrected chi connectivity index (χ3v) is 5.59. The van der Waals surface area contributed by atoms with E-state index in [1.54, 1.807) is 0 Å². The molecule has 1 atom stereocenters. The number of alkyl halides is 6. The number of hydrogen-bond acceptors (Lipinski definition) is 7. The summed E-state index contributed by atoms with van der Waals surface area (Å²) in [5.74, 6) is -6.12. The lowest BCUT2D eigenvalue weighted by Crippen LogP contribution is -2.57. The Morgan fingerprint density at radius 1 is 0.974 bits per heavy atom. The van der Waals surface area contributed by atoms with Crippen LogP contribution in [-0.2, 0) is 19.9 Å². The summed E-state index contributed by atoms with van der Waals surface area (Å²) in [5.41, 5.74) is 5.99. The first-order chi connectivity index (χ1) is 18.0. The van der Waals surface area contributed by atoms with Gasteiger partial charge in [0.25, 0.3) is 11.8 Å². The highest BCUT2D eigenvalue weighted by atomic mass is 19.4. The predicted octanol–water partition coefficient (Wildman–Crippen LogP) is 3.41. The fourth-order valence-electron chi connectivity index (χ4n) is 3.59. The lowest BCUT2D eigenvalue weighted by molar-refractivity contribution is -0.280. The standard InChI is InChI=1S/C24H19F6N5O4/c1-11-3-8-14(22(20(32)37,24(28,29)30)39-21(38)23(25,26)27)9-15(11)16-10-34-18(31)17(35-16)12-4-6-13(7-5-12)19(36)33-2/h3-10H,1-2H3,(H2,31,34)(H2,32,37)(H,33,36). The third kappa shape index (κ3) is 5.46. The maximum atomic E-state index is 14.1. The molecule has 1 heterocycles. The van der Waals surface area contributed by atoms with Crippen LogP contribution in [0.3, 0.4) is 0 Å². The van der Waals surface area contributed by atoms with Crippen LogP contribution in [0, 0.1) is 6.92 Å². The van der Waals surface area contributed by atoms with Gasteiger partial charge in [0.15, 0.2) is 0 Å². The van der Waals surface area contributed by atoms with Gasteiger partial charge in [-0.2, -0.15) is 26.3 Å². The minimum absolute atomic E-state index is 0.0706. The van der Waals surface area contributed by atoms with E-state index >= 15 is 0 Å². The molecule has 2 amide bonds. The van der Waals surface area contributed by atoms with Crippen LogP contribution in [0.1, 0.15) is 21.5 Å². The molecule has 15 heteroatoms. The maximum absolute atomic E-state index is 14.1. The van der Waals surface area contributed by atoms with Crippen molar-refractivity contribution in [3.63, 3.8) is 0 Å². The van der Waals surface area contributed by atoms with E-state index in [1.165, 1.54) is 38.2 Å². The van der Waals surface area contributed by atoms with Gasteiger partial charge < -0.3 is 21.5 Å². The van der Waals surface area contributed by atoms with Gasteiger partial charge in [-0.05, 0) is 30.7 Å². The number of carbonyl (C=O) groups is 3.